The third-order valence-corrected chi connectivity index (χ3v) is 8.60. The largest absolute Gasteiger partial charge is 0.301 e. The molecule has 2 aliphatic rings. The molecule has 180 valence electrons. The lowest BCUT2D eigenvalue weighted by molar-refractivity contribution is 0.127. The molecule has 0 bridgehead atoms. The molecule has 0 spiro atoms. The molecule has 8 heteroatoms. The molecule has 0 amide bonds. The van der Waals surface area contributed by atoms with Gasteiger partial charge in [0.05, 0.1) is 11.0 Å². The van der Waals surface area contributed by atoms with E-state index < -0.39 is 11.0 Å². The van der Waals surface area contributed by atoms with Crippen molar-refractivity contribution in [2.45, 2.75) is 19.5 Å². The number of hydrogen-bond acceptors (Lipinski definition) is 4. The molecule has 2 saturated heterocycles. The fraction of sp³-hybridized carbons (Fsp3) is 0.520. The first-order valence-corrected chi connectivity index (χ1v) is 13.9. The molecule has 0 N–H and O–H groups in total. The van der Waals surface area contributed by atoms with Crippen LogP contribution in [0.2, 0.25) is 10.0 Å². The average molecular weight is 510 g/mol. The predicted molar refractivity (Wildman–Crippen MR) is 139 cm³/mol. The Bertz CT molecular complexity index is 880. The summed E-state index contributed by atoms with van der Waals surface area (Å²) in [5, 5.41) is 1.57. The van der Waals surface area contributed by atoms with E-state index in [0.29, 0.717) is 0 Å². The van der Waals surface area contributed by atoms with Gasteiger partial charge in [-0.3, -0.25) is 9.80 Å². The Kier molecular flexibility index (Phi) is 9.62. The van der Waals surface area contributed by atoms with Crippen LogP contribution in [0.1, 0.15) is 17.5 Å². The lowest BCUT2D eigenvalue weighted by atomic mass is 10.2. The summed E-state index contributed by atoms with van der Waals surface area (Å²) in [5.74, 6) is 0.766. The van der Waals surface area contributed by atoms with Crippen molar-refractivity contribution in [3.8, 4) is 0 Å². The maximum atomic E-state index is 12.8. The van der Waals surface area contributed by atoms with Gasteiger partial charge in [-0.05, 0) is 48.4 Å². The van der Waals surface area contributed by atoms with E-state index in [1.54, 1.807) is 0 Å². The van der Waals surface area contributed by atoms with Crippen LogP contribution in [0.5, 0.6) is 0 Å². The van der Waals surface area contributed by atoms with Crippen LogP contribution < -0.4 is 0 Å². The summed E-state index contributed by atoms with van der Waals surface area (Å²) in [7, 11) is -0.869. The monoisotopic (exact) mass is 508 g/mol. The first kappa shape index (κ1) is 25.1. The van der Waals surface area contributed by atoms with E-state index in [4.69, 9.17) is 23.2 Å². The van der Waals surface area contributed by atoms with E-state index in [9.17, 15) is 4.21 Å². The summed E-state index contributed by atoms with van der Waals surface area (Å²) in [6.45, 7) is 11.0. The molecule has 1 unspecified atom stereocenters. The molecule has 2 aromatic rings. The van der Waals surface area contributed by atoms with E-state index in [1.165, 1.54) is 11.1 Å². The molecular weight excluding hydrogens is 475 g/mol. The van der Waals surface area contributed by atoms with Gasteiger partial charge in [-0.1, -0.05) is 47.5 Å². The molecule has 0 aliphatic carbocycles. The first-order valence-electron chi connectivity index (χ1n) is 11.8. The summed E-state index contributed by atoms with van der Waals surface area (Å²) >= 11 is 12.0. The van der Waals surface area contributed by atoms with Crippen LogP contribution in [-0.4, -0.2) is 87.9 Å². The zero-order valence-electron chi connectivity index (χ0n) is 19.2. The van der Waals surface area contributed by atoms with E-state index in [-0.39, 0.29) is 0 Å². The zero-order chi connectivity index (χ0) is 23.0. The molecule has 2 aliphatic heterocycles. The quantitative estimate of drug-likeness (QED) is 0.512. The lowest BCUT2D eigenvalue weighted by Gasteiger charge is -2.35. The number of halogens is 2. The maximum absolute atomic E-state index is 12.8. The fourth-order valence-electron chi connectivity index (χ4n) is 4.50. The summed E-state index contributed by atoms with van der Waals surface area (Å²) in [4.78, 5) is 7.45. The van der Waals surface area contributed by atoms with Gasteiger partial charge in [0.2, 0.25) is 0 Å². The molecule has 1 atom stereocenters. The molecule has 0 aromatic heterocycles. The lowest BCUT2D eigenvalue weighted by Crippen LogP contribution is -2.47. The Morgan fingerprint density at radius 3 is 1.55 bits per heavy atom. The Morgan fingerprint density at radius 2 is 1.06 bits per heavy atom. The molecular formula is C25H34Cl2N4OS. The van der Waals surface area contributed by atoms with Crippen molar-refractivity contribution in [3.05, 3.63) is 69.7 Å². The summed E-state index contributed by atoms with van der Waals surface area (Å²) in [6, 6.07) is 16.2. The minimum Gasteiger partial charge on any atom is -0.301 e. The van der Waals surface area contributed by atoms with Gasteiger partial charge in [0.25, 0.3) is 0 Å². The van der Waals surface area contributed by atoms with Crippen LogP contribution in [0, 0.1) is 0 Å². The highest BCUT2D eigenvalue weighted by Gasteiger charge is 2.22. The van der Waals surface area contributed by atoms with Gasteiger partial charge in [-0.15, -0.1) is 0 Å². The van der Waals surface area contributed by atoms with Crippen LogP contribution >= 0.6 is 23.2 Å². The Balaban J connectivity index is 1.09. The van der Waals surface area contributed by atoms with E-state index in [1.807, 2.05) is 24.3 Å². The average Bonchev–Trinajstić information content (AvgIpc) is 2.83. The predicted octanol–water partition coefficient (Wildman–Crippen LogP) is 3.98. The zero-order valence-corrected chi connectivity index (χ0v) is 21.5. The van der Waals surface area contributed by atoms with Gasteiger partial charge in [0, 0.05) is 81.2 Å². The molecule has 0 saturated carbocycles. The minimum absolute atomic E-state index is 0.766. The Labute approximate surface area is 210 Å². The van der Waals surface area contributed by atoms with Crippen molar-refractivity contribution >= 4 is 34.2 Å². The van der Waals surface area contributed by atoms with E-state index in [0.717, 1.165) is 94.2 Å². The highest BCUT2D eigenvalue weighted by atomic mass is 35.5. The van der Waals surface area contributed by atoms with Gasteiger partial charge in [-0.25, -0.2) is 8.51 Å². The van der Waals surface area contributed by atoms with Crippen molar-refractivity contribution in [2.24, 2.45) is 0 Å². The summed E-state index contributed by atoms with van der Waals surface area (Å²) in [5.41, 5.74) is 2.60. The van der Waals surface area contributed by atoms with Crippen LogP contribution in [0.4, 0.5) is 0 Å². The smallest absolute Gasteiger partial charge is 0.0943 e. The molecule has 33 heavy (non-hydrogen) atoms. The molecule has 2 aromatic carbocycles. The summed E-state index contributed by atoms with van der Waals surface area (Å²) in [6.07, 6.45) is 0.995. The second-order valence-corrected chi connectivity index (χ2v) is 11.4. The Morgan fingerprint density at radius 1 is 0.636 bits per heavy atom. The second-order valence-electron chi connectivity index (χ2n) is 8.96. The van der Waals surface area contributed by atoms with Crippen LogP contribution in [0.25, 0.3) is 0 Å². The Hall–Kier alpha value is -0.990. The van der Waals surface area contributed by atoms with Crippen LogP contribution in [0.3, 0.4) is 0 Å². The fourth-order valence-corrected chi connectivity index (χ4v) is 5.96. The number of piperazine rings is 2. The number of hydrogen-bond donors (Lipinski definition) is 0. The van der Waals surface area contributed by atoms with Gasteiger partial charge in [0.1, 0.15) is 0 Å². The normalized spacial score (nSPS) is 20.2. The van der Waals surface area contributed by atoms with Crippen LogP contribution in [0.15, 0.2) is 48.5 Å². The van der Waals surface area contributed by atoms with Crippen molar-refractivity contribution in [1.29, 1.82) is 0 Å². The minimum atomic E-state index is -0.869. The van der Waals surface area contributed by atoms with E-state index in [2.05, 4.69) is 43.3 Å². The van der Waals surface area contributed by atoms with E-state index >= 15 is 0 Å². The standard InChI is InChI=1S/C25H34Cl2N4OS/c26-24-6-2-22(3-7-24)20-29-13-11-28(12-14-29)10-1-19-33(32)31-17-15-30(16-18-31)21-23-4-8-25(27)9-5-23/h2-9H,1,10-21H2. The second kappa shape index (κ2) is 12.6. The third kappa shape index (κ3) is 8.03. The number of nitrogens with zero attached hydrogens (tertiary/aromatic N) is 4. The highest BCUT2D eigenvalue weighted by molar-refractivity contribution is 7.82. The van der Waals surface area contributed by atoms with Gasteiger partial charge >= 0.3 is 0 Å². The molecule has 5 nitrogen and oxygen atoms in total. The number of benzene rings is 2. The van der Waals surface area contributed by atoms with Gasteiger partial charge in [0.15, 0.2) is 0 Å². The van der Waals surface area contributed by atoms with Gasteiger partial charge < -0.3 is 4.90 Å². The highest BCUT2D eigenvalue weighted by Crippen LogP contribution is 2.15. The van der Waals surface area contributed by atoms with Crippen molar-refractivity contribution in [3.63, 3.8) is 0 Å². The SMILES string of the molecule is O=S(CCCN1CCN(Cc2ccc(Cl)cc2)CC1)N1CCN(Cc2ccc(Cl)cc2)CC1. The third-order valence-electron chi connectivity index (χ3n) is 6.52. The number of rotatable bonds is 9. The van der Waals surface area contributed by atoms with Gasteiger partial charge in [-0.2, -0.15) is 0 Å². The van der Waals surface area contributed by atoms with Crippen molar-refractivity contribution in [2.75, 3.05) is 64.7 Å². The van der Waals surface area contributed by atoms with Crippen molar-refractivity contribution < 1.29 is 4.21 Å². The molecule has 4 rings (SSSR count). The topological polar surface area (TPSA) is 30.0 Å². The molecule has 0 radical (unpaired) electrons. The summed E-state index contributed by atoms with van der Waals surface area (Å²) < 4.78 is 14.9. The first-order chi connectivity index (χ1) is 16.0. The van der Waals surface area contributed by atoms with Crippen LogP contribution in [-0.2, 0) is 24.1 Å². The van der Waals surface area contributed by atoms with Crippen molar-refractivity contribution in [1.82, 2.24) is 19.0 Å². The molecule has 2 heterocycles. The molecule has 2 fully saturated rings. The maximum Gasteiger partial charge on any atom is 0.0943 e.